The van der Waals surface area contributed by atoms with Gasteiger partial charge in [0.1, 0.15) is 0 Å². The van der Waals surface area contributed by atoms with Crippen LogP contribution in [0.2, 0.25) is 0 Å². The van der Waals surface area contributed by atoms with E-state index in [0.29, 0.717) is 5.69 Å². The zero-order valence-electron chi connectivity index (χ0n) is 13.6. The normalized spacial score (nSPS) is 13.5. The number of nitrogens with zero attached hydrogens (tertiary/aromatic N) is 3. The molecule has 5 nitrogen and oxygen atoms in total. The van der Waals surface area contributed by atoms with Crippen molar-refractivity contribution in [1.82, 2.24) is 0 Å². The Bertz CT molecular complexity index is 895. The third-order valence-corrected chi connectivity index (χ3v) is 3.93. The van der Waals surface area contributed by atoms with Crippen molar-refractivity contribution in [2.75, 3.05) is 0 Å². The molecule has 0 atom stereocenters. The van der Waals surface area contributed by atoms with Gasteiger partial charge in [-0.1, -0.05) is 30.4 Å². The number of nitro groups is 1. The molecule has 0 heterocycles. The van der Waals surface area contributed by atoms with Gasteiger partial charge in [0.15, 0.2) is 0 Å². The van der Waals surface area contributed by atoms with Gasteiger partial charge in [0, 0.05) is 17.7 Å². The molecule has 0 saturated carbocycles. The van der Waals surface area contributed by atoms with Crippen LogP contribution in [-0.2, 0) is 0 Å². The van der Waals surface area contributed by atoms with E-state index in [1.165, 1.54) is 17.7 Å². The summed E-state index contributed by atoms with van der Waals surface area (Å²) >= 11 is 0. The second-order valence-electron chi connectivity index (χ2n) is 5.77. The van der Waals surface area contributed by atoms with Crippen LogP contribution in [0.1, 0.15) is 23.1 Å². The van der Waals surface area contributed by atoms with Crippen molar-refractivity contribution in [3.63, 3.8) is 0 Å². The number of allylic oxidation sites excluding steroid dienone is 4. The number of azo groups is 1. The monoisotopic (exact) mass is 319 g/mol. The average Bonchev–Trinajstić information content (AvgIpc) is 3.08. The third kappa shape index (κ3) is 3.30. The summed E-state index contributed by atoms with van der Waals surface area (Å²) in [6.45, 7) is 3.81. The zero-order valence-corrected chi connectivity index (χ0v) is 13.6. The van der Waals surface area contributed by atoms with Crippen molar-refractivity contribution in [3.8, 4) is 0 Å². The summed E-state index contributed by atoms with van der Waals surface area (Å²) in [5, 5.41) is 19.5. The Morgan fingerprint density at radius 1 is 1.04 bits per heavy atom. The number of aryl methyl sites for hydroxylation is 2. The highest BCUT2D eigenvalue weighted by Crippen LogP contribution is 2.34. The van der Waals surface area contributed by atoms with Crippen molar-refractivity contribution < 1.29 is 4.92 Å². The van der Waals surface area contributed by atoms with Crippen LogP contribution in [0.4, 0.5) is 17.1 Å². The largest absolute Gasteiger partial charge is 0.269 e. The lowest BCUT2D eigenvalue weighted by molar-refractivity contribution is -0.384. The van der Waals surface area contributed by atoms with Crippen molar-refractivity contribution in [1.29, 1.82) is 0 Å². The minimum absolute atomic E-state index is 0.0601. The Labute approximate surface area is 140 Å². The minimum atomic E-state index is -0.411. The van der Waals surface area contributed by atoms with Crippen LogP contribution in [-0.4, -0.2) is 4.92 Å². The predicted octanol–water partition coefficient (Wildman–Crippen LogP) is 5.97. The van der Waals surface area contributed by atoms with Crippen LogP contribution in [0.3, 0.4) is 0 Å². The van der Waals surface area contributed by atoms with Crippen LogP contribution in [0.15, 0.2) is 64.9 Å². The Kier molecular flexibility index (Phi) is 4.33. The summed E-state index contributed by atoms with van der Waals surface area (Å²) in [6.07, 6.45) is 7.12. The summed E-state index contributed by atoms with van der Waals surface area (Å²) in [4.78, 5) is 10.4. The molecule has 0 amide bonds. The molecule has 0 saturated heterocycles. The first kappa shape index (κ1) is 15.8. The van der Waals surface area contributed by atoms with Gasteiger partial charge in [-0.2, -0.15) is 5.11 Å². The lowest BCUT2D eigenvalue weighted by atomic mass is 10.0. The van der Waals surface area contributed by atoms with Gasteiger partial charge < -0.3 is 0 Å². The van der Waals surface area contributed by atoms with Crippen LogP contribution >= 0.6 is 0 Å². The van der Waals surface area contributed by atoms with E-state index < -0.39 is 4.92 Å². The molecular weight excluding hydrogens is 302 g/mol. The lowest BCUT2D eigenvalue weighted by Crippen LogP contribution is -1.88. The van der Waals surface area contributed by atoms with Gasteiger partial charge in [-0.05, 0) is 49.1 Å². The summed E-state index contributed by atoms with van der Waals surface area (Å²) in [6, 6.07) is 10.7. The molecule has 1 aliphatic rings. The molecule has 1 aliphatic carbocycles. The molecule has 0 spiro atoms. The molecule has 3 rings (SSSR count). The average molecular weight is 319 g/mol. The standard InChI is InChI=1S/C19H17N3O2/c1-13-7-9-17(15-5-3-4-6-15)19(11-13)21-20-18-10-8-16(22(23)24)12-14(18)2/h3-5,7-12H,6H2,1-2H3. The van der Waals surface area contributed by atoms with Crippen molar-refractivity contribution in [2.45, 2.75) is 20.3 Å². The maximum absolute atomic E-state index is 10.8. The van der Waals surface area contributed by atoms with Gasteiger partial charge in [-0.15, -0.1) is 5.11 Å². The maximum Gasteiger partial charge on any atom is 0.269 e. The fourth-order valence-electron chi connectivity index (χ4n) is 2.62. The van der Waals surface area contributed by atoms with Crippen molar-refractivity contribution in [3.05, 3.63) is 81.4 Å². The maximum atomic E-state index is 10.8. The Morgan fingerprint density at radius 3 is 2.50 bits per heavy atom. The molecule has 5 heteroatoms. The fourth-order valence-corrected chi connectivity index (χ4v) is 2.62. The van der Waals surface area contributed by atoms with E-state index in [1.807, 2.05) is 19.1 Å². The summed E-state index contributed by atoms with van der Waals surface area (Å²) in [5.74, 6) is 0. The SMILES string of the molecule is Cc1ccc(C2=CC=CC2)c(N=Nc2ccc([N+](=O)[O-])cc2C)c1. The predicted molar refractivity (Wildman–Crippen MR) is 94.9 cm³/mol. The summed E-state index contributed by atoms with van der Waals surface area (Å²) < 4.78 is 0. The van der Waals surface area contributed by atoms with Gasteiger partial charge in [-0.3, -0.25) is 10.1 Å². The van der Waals surface area contributed by atoms with E-state index in [4.69, 9.17) is 0 Å². The van der Waals surface area contributed by atoms with Crippen molar-refractivity contribution >= 4 is 22.6 Å². The third-order valence-electron chi connectivity index (χ3n) is 3.93. The topological polar surface area (TPSA) is 67.9 Å². The molecule has 0 radical (unpaired) electrons. The number of rotatable bonds is 4. The number of benzene rings is 2. The lowest BCUT2D eigenvalue weighted by Gasteiger charge is -2.07. The van der Waals surface area contributed by atoms with Gasteiger partial charge in [0.25, 0.3) is 5.69 Å². The molecule has 0 aliphatic heterocycles. The van der Waals surface area contributed by atoms with Gasteiger partial charge in [-0.25, -0.2) is 0 Å². The Hall–Kier alpha value is -3.08. The minimum Gasteiger partial charge on any atom is -0.258 e. The molecule has 0 bridgehead atoms. The Balaban J connectivity index is 1.95. The highest BCUT2D eigenvalue weighted by Gasteiger charge is 2.10. The van der Waals surface area contributed by atoms with Crippen LogP contribution in [0, 0.1) is 24.0 Å². The van der Waals surface area contributed by atoms with E-state index in [9.17, 15) is 10.1 Å². The van der Waals surface area contributed by atoms with Gasteiger partial charge >= 0.3 is 0 Å². The number of hydrogen-bond acceptors (Lipinski definition) is 4. The van der Waals surface area contributed by atoms with Crippen LogP contribution < -0.4 is 0 Å². The molecule has 24 heavy (non-hydrogen) atoms. The molecule has 0 aromatic heterocycles. The summed E-state index contributed by atoms with van der Waals surface area (Å²) in [7, 11) is 0. The molecular formula is C19H17N3O2. The molecule has 2 aromatic carbocycles. The second-order valence-corrected chi connectivity index (χ2v) is 5.77. The molecule has 0 unspecified atom stereocenters. The van der Waals surface area contributed by atoms with Crippen LogP contribution in [0.5, 0.6) is 0 Å². The smallest absolute Gasteiger partial charge is 0.258 e. The van der Waals surface area contributed by atoms with E-state index in [1.54, 1.807) is 13.0 Å². The van der Waals surface area contributed by atoms with E-state index in [2.05, 4.69) is 34.5 Å². The Morgan fingerprint density at radius 2 is 1.83 bits per heavy atom. The van der Waals surface area contributed by atoms with E-state index in [0.717, 1.165) is 28.8 Å². The first-order valence-corrected chi connectivity index (χ1v) is 7.68. The number of hydrogen-bond donors (Lipinski definition) is 0. The first-order chi connectivity index (χ1) is 11.5. The molecule has 0 N–H and O–H groups in total. The van der Waals surface area contributed by atoms with Gasteiger partial charge in [0.05, 0.1) is 16.3 Å². The molecule has 0 fully saturated rings. The fraction of sp³-hybridized carbons (Fsp3) is 0.158. The summed E-state index contributed by atoms with van der Waals surface area (Å²) in [5.41, 5.74) is 5.61. The van der Waals surface area contributed by atoms with Crippen molar-refractivity contribution in [2.24, 2.45) is 10.2 Å². The molecule has 2 aromatic rings. The van der Waals surface area contributed by atoms with E-state index >= 15 is 0 Å². The number of nitro benzene ring substituents is 1. The highest BCUT2D eigenvalue weighted by molar-refractivity contribution is 5.78. The van der Waals surface area contributed by atoms with Crippen LogP contribution in [0.25, 0.3) is 5.57 Å². The van der Waals surface area contributed by atoms with Gasteiger partial charge in [0.2, 0.25) is 0 Å². The first-order valence-electron chi connectivity index (χ1n) is 7.68. The second kappa shape index (κ2) is 6.58. The van der Waals surface area contributed by atoms with E-state index in [-0.39, 0.29) is 5.69 Å². The zero-order chi connectivity index (χ0) is 17.1. The molecule has 120 valence electrons. The quantitative estimate of drug-likeness (QED) is 0.396. The highest BCUT2D eigenvalue weighted by atomic mass is 16.6. The number of non-ortho nitro benzene ring substituents is 1.